The quantitative estimate of drug-likeness (QED) is 0.165. The number of rotatable bonds is 3. The molecular weight excluding hydrogens is 756 g/mol. The van der Waals surface area contributed by atoms with E-state index in [1.54, 1.807) is 0 Å². The van der Waals surface area contributed by atoms with Crippen molar-refractivity contribution in [1.29, 1.82) is 0 Å². The van der Waals surface area contributed by atoms with Gasteiger partial charge in [0.2, 0.25) is 6.71 Å². The number of hydrogen-bond donors (Lipinski definition) is 0. The van der Waals surface area contributed by atoms with Gasteiger partial charge in [0, 0.05) is 60.3 Å². The van der Waals surface area contributed by atoms with Crippen LogP contribution in [0.3, 0.4) is 0 Å². The fourth-order valence-electron chi connectivity index (χ4n) is 11.4. The maximum Gasteiger partial charge on any atom is 0.252 e. The third-order valence-corrected chi connectivity index (χ3v) is 15.0. The Kier molecular flexibility index (Phi) is 6.87. The Morgan fingerprint density at radius 2 is 0.967 bits per heavy atom. The molecule has 0 saturated carbocycles. The molecule has 4 aliphatic heterocycles. The summed E-state index contributed by atoms with van der Waals surface area (Å²) in [5.41, 5.74) is 23.2. The molecule has 0 bridgehead atoms. The average molecular weight is 792 g/mol. The highest BCUT2D eigenvalue weighted by Gasteiger charge is 2.52. The Morgan fingerprint density at radius 1 is 0.426 bits per heavy atom. The molecule has 0 amide bonds. The third kappa shape index (κ3) is 4.37. The molecule has 0 saturated heterocycles. The zero-order valence-electron chi connectivity index (χ0n) is 33.4. The summed E-state index contributed by atoms with van der Waals surface area (Å²) < 4.78 is 2.46. The lowest BCUT2D eigenvalue weighted by Crippen LogP contribution is -2.68. The molecule has 3 nitrogen and oxygen atoms in total. The predicted octanol–water partition coefficient (Wildman–Crippen LogP) is 10.1. The fraction of sp³-hybridized carbons (Fsp3) is 0.0182. The number of anilines is 6. The molecule has 0 spiro atoms. The largest absolute Gasteiger partial charge is 0.312 e. The summed E-state index contributed by atoms with van der Waals surface area (Å²) in [4.78, 5) is 7.94. The Hall–Kier alpha value is -7.14. The SMILES string of the molecule is Cc1ccccc1N1c2ccccc2B2c3ccccc3N3c4ccccc4B4c5ccccc5Sc5c4c3c2c1c5-c1cccc2c1c1ccccc1n2-c1ccccc1. The molecule has 0 N–H and O–H groups in total. The van der Waals surface area contributed by atoms with Gasteiger partial charge in [-0.1, -0.05) is 157 Å². The highest BCUT2D eigenvalue weighted by atomic mass is 32.2. The molecule has 0 unspecified atom stereocenters. The number of benzene rings is 9. The van der Waals surface area contributed by atoms with E-state index in [0.717, 1.165) is 5.69 Å². The lowest BCUT2D eigenvalue weighted by atomic mass is 9.29. The first kappa shape index (κ1) is 33.7. The zero-order valence-corrected chi connectivity index (χ0v) is 34.2. The smallest absolute Gasteiger partial charge is 0.252 e. The predicted molar refractivity (Wildman–Crippen MR) is 260 cm³/mol. The Balaban J connectivity index is 1.24. The maximum atomic E-state index is 2.64. The van der Waals surface area contributed by atoms with Crippen LogP contribution in [0.25, 0.3) is 38.6 Å². The van der Waals surface area contributed by atoms with E-state index in [1.807, 2.05) is 11.8 Å². The van der Waals surface area contributed by atoms with Crippen LogP contribution < -0.4 is 42.6 Å². The van der Waals surface area contributed by atoms with Crippen molar-refractivity contribution in [3.63, 3.8) is 0 Å². The van der Waals surface area contributed by atoms with Crippen LogP contribution in [0.1, 0.15) is 5.56 Å². The van der Waals surface area contributed by atoms with E-state index >= 15 is 0 Å². The summed E-state index contributed by atoms with van der Waals surface area (Å²) in [6.07, 6.45) is 0. The van der Waals surface area contributed by atoms with E-state index in [0.29, 0.717) is 0 Å². The van der Waals surface area contributed by atoms with Crippen molar-refractivity contribution < 1.29 is 0 Å². The van der Waals surface area contributed by atoms with E-state index in [9.17, 15) is 0 Å². The van der Waals surface area contributed by atoms with Crippen molar-refractivity contribution in [1.82, 2.24) is 4.57 Å². The summed E-state index contributed by atoms with van der Waals surface area (Å²) in [7, 11) is 0. The molecule has 0 radical (unpaired) electrons. The van der Waals surface area contributed by atoms with Crippen LogP contribution in [0.2, 0.25) is 0 Å². The molecule has 0 atom stereocenters. The molecule has 4 aliphatic rings. The van der Waals surface area contributed by atoms with Gasteiger partial charge in [0.25, 0.3) is 6.71 Å². The molecule has 0 aliphatic carbocycles. The first-order chi connectivity index (χ1) is 30.3. The standard InChI is InChI=1S/C55H35B2N3S/c1-34-18-5-11-27-42(34)59-44-29-13-7-23-38(44)56-39-24-8-14-30-45(39)60-46-31-15-9-25-40(46)57-41-26-10-16-33-48(41)61-55-50(53(59)51(56)54(60)52(55)57)37-22-17-32-47-49(37)36-21-6-12-28-43(36)58(47)35-19-3-2-4-20-35/h2-33H,1H3. The van der Waals surface area contributed by atoms with Crippen LogP contribution in [-0.4, -0.2) is 18.0 Å². The minimum absolute atomic E-state index is 0.0240. The molecule has 6 heteroatoms. The molecule has 10 aromatic rings. The van der Waals surface area contributed by atoms with Gasteiger partial charge in [0.05, 0.1) is 16.7 Å². The van der Waals surface area contributed by atoms with Gasteiger partial charge in [-0.2, -0.15) is 0 Å². The first-order valence-corrected chi connectivity index (χ1v) is 22.1. The van der Waals surface area contributed by atoms with Crippen LogP contribution >= 0.6 is 11.8 Å². The second-order valence-corrected chi connectivity index (χ2v) is 17.8. The minimum atomic E-state index is 0.0240. The number of hydrogen-bond acceptors (Lipinski definition) is 3. The molecule has 0 fully saturated rings. The van der Waals surface area contributed by atoms with Crippen molar-refractivity contribution in [2.45, 2.75) is 16.7 Å². The second-order valence-electron chi connectivity index (χ2n) is 16.8. The number of aryl methyl sites for hydroxylation is 1. The Labute approximate surface area is 359 Å². The molecule has 61 heavy (non-hydrogen) atoms. The summed E-state index contributed by atoms with van der Waals surface area (Å²) in [5, 5.41) is 2.54. The van der Waals surface area contributed by atoms with Crippen molar-refractivity contribution in [3.05, 3.63) is 200 Å². The fourth-order valence-corrected chi connectivity index (χ4v) is 12.7. The van der Waals surface area contributed by atoms with Gasteiger partial charge >= 0.3 is 0 Å². The van der Waals surface area contributed by atoms with Gasteiger partial charge in [0.15, 0.2) is 0 Å². The summed E-state index contributed by atoms with van der Waals surface area (Å²) in [5.74, 6) is 0. The lowest BCUT2D eigenvalue weighted by molar-refractivity contribution is 1.18. The van der Waals surface area contributed by atoms with Gasteiger partial charge in [-0.05, 0) is 100.0 Å². The van der Waals surface area contributed by atoms with Crippen molar-refractivity contribution in [3.8, 4) is 16.8 Å². The Bertz CT molecular complexity index is 3510. The number of para-hydroxylation sites is 6. The highest BCUT2D eigenvalue weighted by molar-refractivity contribution is 8.00. The third-order valence-electron chi connectivity index (χ3n) is 13.7. The first-order valence-electron chi connectivity index (χ1n) is 21.3. The summed E-state index contributed by atoms with van der Waals surface area (Å²) in [6.45, 7) is 2.36. The van der Waals surface area contributed by atoms with Crippen molar-refractivity contribution in [2.75, 3.05) is 9.80 Å². The molecule has 14 rings (SSSR count). The van der Waals surface area contributed by atoms with Gasteiger partial charge in [-0.15, -0.1) is 0 Å². The average Bonchev–Trinajstić information content (AvgIpc) is 3.66. The monoisotopic (exact) mass is 791 g/mol. The van der Waals surface area contributed by atoms with Gasteiger partial charge < -0.3 is 14.4 Å². The number of aromatic nitrogens is 1. The van der Waals surface area contributed by atoms with Crippen LogP contribution in [0.15, 0.2) is 204 Å². The van der Waals surface area contributed by atoms with Gasteiger partial charge in [-0.25, -0.2) is 0 Å². The van der Waals surface area contributed by atoms with Crippen molar-refractivity contribution >= 4 is 114 Å². The molecular formula is C55H35B2N3S. The minimum Gasteiger partial charge on any atom is -0.312 e. The van der Waals surface area contributed by atoms with Crippen LogP contribution in [-0.2, 0) is 0 Å². The highest BCUT2D eigenvalue weighted by Crippen LogP contribution is 2.55. The summed E-state index contributed by atoms with van der Waals surface area (Å²) >= 11 is 1.97. The van der Waals surface area contributed by atoms with Gasteiger partial charge in [0.1, 0.15) is 0 Å². The lowest BCUT2D eigenvalue weighted by Gasteiger charge is -2.50. The topological polar surface area (TPSA) is 11.4 Å². The molecule has 5 heterocycles. The van der Waals surface area contributed by atoms with Crippen LogP contribution in [0, 0.1) is 6.92 Å². The van der Waals surface area contributed by atoms with Gasteiger partial charge in [-0.3, -0.25) is 0 Å². The van der Waals surface area contributed by atoms with Crippen molar-refractivity contribution in [2.24, 2.45) is 0 Å². The van der Waals surface area contributed by atoms with E-state index < -0.39 is 0 Å². The zero-order chi connectivity index (χ0) is 39.9. The number of fused-ring (bicyclic) bond motifs is 13. The normalized spacial score (nSPS) is 13.8. The van der Waals surface area contributed by atoms with E-state index in [4.69, 9.17) is 0 Å². The molecule has 282 valence electrons. The molecule has 9 aromatic carbocycles. The van der Waals surface area contributed by atoms with Crippen LogP contribution in [0.4, 0.5) is 34.1 Å². The Morgan fingerprint density at radius 3 is 1.67 bits per heavy atom. The second kappa shape index (κ2) is 12.4. The van der Waals surface area contributed by atoms with E-state index in [-0.39, 0.29) is 13.4 Å². The molecule has 1 aromatic heterocycles. The van der Waals surface area contributed by atoms with Crippen LogP contribution in [0.5, 0.6) is 0 Å². The summed E-state index contributed by atoms with van der Waals surface area (Å²) in [6, 6.07) is 72.7. The van der Waals surface area contributed by atoms with E-state index in [2.05, 4.69) is 215 Å². The number of nitrogens with zero attached hydrogens (tertiary/aromatic N) is 3. The maximum absolute atomic E-state index is 2.64. The van der Waals surface area contributed by atoms with E-state index in [1.165, 1.54) is 115 Å².